The van der Waals surface area contributed by atoms with Gasteiger partial charge < -0.3 is 19.4 Å². The van der Waals surface area contributed by atoms with Crippen LogP contribution in [-0.4, -0.2) is 42.1 Å². The molecule has 5 nitrogen and oxygen atoms in total. The highest BCUT2D eigenvalue weighted by Gasteiger charge is 2.42. The summed E-state index contributed by atoms with van der Waals surface area (Å²) in [4.78, 5) is 18.5. The van der Waals surface area contributed by atoms with Crippen LogP contribution in [0.25, 0.3) is 10.9 Å². The molecule has 1 N–H and O–H groups in total. The molecule has 0 aliphatic carbocycles. The molecule has 2 aromatic rings. The van der Waals surface area contributed by atoms with Crippen LogP contribution in [0.5, 0.6) is 0 Å². The summed E-state index contributed by atoms with van der Waals surface area (Å²) in [6.45, 7) is 12.0. The molecule has 3 rings (SSSR count). The maximum atomic E-state index is 12.6. The molecule has 0 fully saturated rings. The van der Waals surface area contributed by atoms with E-state index in [0.717, 1.165) is 50.1 Å². The molecule has 1 unspecified atom stereocenters. The summed E-state index contributed by atoms with van der Waals surface area (Å²) in [5.41, 5.74) is 4.59. The van der Waals surface area contributed by atoms with Crippen LogP contribution in [0.3, 0.4) is 0 Å². The Kier molecular flexibility index (Phi) is 8.56. The fourth-order valence-electron chi connectivity index (χ4n) is 4.26. The van der Waals surface area contributed by atoms with Crippen molar-refractivity contribution in [2.75, 3.05) is 26.2 Å². The normalized spacial score (nSPS) is 18.5. The second-order valence-corrected chi connectivity index (χ2v) is 7.48. The van der Waals surface area contributed by atoms with Gasteiger partial charge in [-0.2, -0.15) is 0 Å². The van der Waals surface area contributed by atoms with Crippen molar-refractivity contribution in [1.82, 2.24) is 9.88 Å². The van der Waals surface area contributed by atoms with Crippen LogP contribution in [-0.2, 0) is 32.9 Å². The van der Waals surface area contributed by atoms with E-state index in [4.69, 9.17) is 9.47 Å². The van der Waals surface area contributed by atoms with E-state index in [0.29, 0.717) is 19.4 Å². The minimum Gasteiger partial charge on any atom is -0.427 e. The zero-order chi connectivity index (χ0) is 20.1. The van der Waals surface area contributed by atoms with Crippen molar-refractivity contribution in [1.29, 1.82) is 0 Å². The minimum atomic E-state index is -0.996. The number of fused-ring (bicyclic) bond motifs is 3. The van der Waals surface area contributed by atoms with Crippen molar-refractivity contribution < 1.29 is 14.3 Å². The molecule has 1 aliphatic rings. The standard InChI is InChI=1S/C23H34N2O3.ClH/c1-5-17-11-9-12-18-19-14-16-27-23(6-2,22(19)24-21(17)18)28-20(26)13-10-15-25(7-3)8-4;/h9,11-12,24H,5-8,10,13-16H2,1-4H3;1H. The Hall–Kier alpha value is -1.56. The molecule has 6 heteroatoms. The van der Waals surface area contributed by atoms with E-state index < -0.39 is 5.79 Å². The molecule has 1 aliphatic heterocycles. The van der Waals surface area contributed by atoms with Gasteiger partial charge in [-0.05, 0) is 50.0 Å². The number of nitrogens with one attached hydrogen (secondary N) is 1. The topological polar surface area (TPSA) is 54.6 Å². The molecular formula is C23H35ClN2O3. The summed E-state index contributed by atoms with van der Waals surface area (Å²) >= 11 is 0. The van der Waals surface area contributed by atoms with Gasteiger partial charge >= 0.3 is 5.97 Å². The van der Waals surface area contributed by atoms with Crippen LogP contribution in [0, 0.1) is 0 Å². The first kappa shape index (κ1) is 23.7. The summed E-state index contributed by atoms with van der Waals surface area (Å²) < 4.78 is 12.1. The third-order valence-electron chi connectivity index (χ3n) is 5.97. The summed E-state index contributed by atoms with van der Waals surface area (Å²) in [5, 5.41) is 1.23. The third kappa shape index (κ3) is 4.79. The van der Waals surface area contributed by atoms with Gasteiger partial charge in [0.2, 0.25) is 0 Å². The number of ether oxygens (including phenoxy) is 2. The summed E-state index contributed by atoms with van der Waals surface area (Å²) in [6, 6.07) is 6.41. The van der Waals surface area contributed by atoms with E-state index in [1.165, 1.54) is 16.5 Å². The molecule has 1 atom stereocenters. The molecule has 0 saturated carbocycles. The number of halogens is 1. The first-order valence-corrected chi connectivity index (χ1v) is 10.8. The van der Waals surface area contributed by atoms with E-state index in [1.54, 1.807) is 0 Å². The van der Waals surface area contributed by atoms with Crippen LogP contribution >= 0.6 is 12.4 Å². The Balaban J connectivity index is 0.00000300. The lowest BCUT2D eigenvalue weighted by atomic mass is 9.97. The van der Waals surface area contributed by atoms with Crippen molar-refractivity contribution in [2.24, 2.45) is 0 Å². The van der Waals surface area contributed by atoms with Crippen LogP contribution in [0.4, 0.5) is 0 Å². The number of carbonyl (C=O) groups excluding carboxylic acids is 1. The maximum absolute atomic E-state index is 12.6. The number of carbonyl (C=O) groups is 1. The number of esters is 1. The van der Waals surface area contributed by atoms with Gasteiger partial charge in [-0.25, -0.2) is 0 Å². The molecule has 29 heavy (non-hydrogen) atoms. The third-order valence-corrected chi connectivity index (χ3v) is 5.97. The number of benzene rings is 1. The van der Waals surface area contributed by atoms with Crippen molar-refractivity contribution in [3.8, 4) is 0 Å². The van der Waals surface area contributed by atoms with E-state index in [9.17, 15) is 4.79 Å². The van der Waals surface area contributed by atoms with Gasteiger partial charge in [0.15, 0.2) is 0 Å². The second-order valence-electron chi connectivity index (χ2n) is 7.48. The quantitative estimate of drug-likeness (QED) is 0.580. The molecule has 0 amide bonds. The van der Waals surface area contributed by atoms with Crippen molar-refractivity contribution in [3.63, 3.8) is 0 Å². The summed E-state index contributed by atoms with van der Waals surface area (Å²) in [6.07, 6.45) is 3.61. The predicted molar refractivity (Wildman–Crippen MR) is 120 cm³/mol. The number of aryl methyl sites for hydroxylation is 1. The van der Waals surface area contributed by atoms with Gasteiger partial charge in [-0.3, -0.25) is 4.79 Å². The number of hydrogen-bond donors (Lipinski definition) is 1. The molecule has 2 heterocycles. The molecule has 0 saturated heterocycles. The first-order valence-electron chi connectivity index (χ1n) is 10.8. The highest BCUT2D eigenvalue weighted by atomic mass is 35.5. The number of hydrogen-bond acceptors (Lipinski definition) is 4. The Morgan fingerprint density at radius 1 is 1.24 bits per heavy atom. The van der Waals surface area contributed by atoms with Crippen LogP contribution in [0.2, 0.25) is 0 Å². The fraction of sp³-hybridized carbons (Fsp3) is 0.609. The van der Waals surface area contributed by atoms with E-state index in [1.807, 2.05) is 6.92 Å². The first-order chi connectivity index (χ1) is 13.6. The summed E-state index contributed by atoms with van der Waals surface area (Å²) in [7, 11) is 0. The van der Waals surface area contributed by atoms with Gasteiger partial charge in [0, 0.05) is 23.7 Å². The molecular weight excluding hydrogens is 388 g/mol. The summed E-state index contributed by atoms with van der Waals surface area (Å²) in [5.74, 6) is -1.18. The zero-order valence-corrected chi connectivity index (χ0v) is 19.0. The SMILES string of the molecule is CCc1cccc2c3c([nH]c12)C(CC)(OC(=O)CCCN(CC)CC)OCC3.Cl. The molecule has 0 spiro atoms. The second kappa shape index (κ2) is 10.5. The molecule has 1 aromatic heterocycles. The van der Waals surface area contributed by atoms with Gasteiger partial charge in [0.1, 0.15) is 0 Å². The van der Waals surface area contributed by atoms with Gasteiger partial charge in [0.25, 0.3) is 5.79 Å². The Bertz CT molecular complexity index is 816. The average Bonchev–Trinajstić information content (AvgIpc) is 3.11. The zero-order valence-electron chi connectivity index (χ0n) is 18.2. The Morgan fingerprint density at radius 2 is 2.00 bits per heavy atom. The monoisotopic (exact) mass is 422 g/mol. The van der Waals surface area contributed by atoms with Gasteiger partial charge in [-0.15, -0.1) is 12.4 Å². The lowest BCUT2D eigenvalue weighted by Gasteiger charge is -2.35. The lowest BCUT2D eigenvalue weighted by Crippen LogP contribution is -2.39. The predicted octanol–water partition coefficient (Wildman–Crippen LogP) is 4.95. The van der Waals surface area contributed by atoms with Crippen molar-refractivity contribution >= 4 is 29.3 Å². The highest BCUT2D eigenvalue weighted by molar-refractivity contribution is 5.88. The maximum Gasteiger partial charge on any atom is 0.308 e. The van der Waals surface area contributed by atoms with Gasteiger partial charge in [0.05, 0.1) is 12.3 Å². The number of rotatable bonds is 9. The number of aromatic amines is 1. The number of nitrogens with zero attached hydrogens (tertiary/aromatic N) is 1. The molecule has 0 radical (unpaired) electrons. The van der Waals surface area contributed by atoms with E-state index in [-0.39, 0.29) is 18.4 Å². The van der Waals surface area contributed by atoms with Crippen molar-refractivity contribution in [2.45, 2.75) is 65.6 Å². The Morgan fingerprint density at radius 3 is 2.66 bits per heavy atom. The van der Waals surface area contributed by atoms with Crippen LogP contribution in [0.15, 0.2) is 18.2 Å². The largest absolute Gasteiger partial charge is 0.427 e. The molecule has 162 valence electrons. The van der Waals surface area contributed by atoms with Crippen LogP contribution in [0.1, 0.15) is 63.8 Å². The van der Waals surface area contributed by atoms with E-state index in [2.05, 4.69) is 48.9 Å². The lowest BCUT2D eigenvalue weighted by molar-refractivity contribution is -0.247. The number of aromatic nitrogens is 1. The smallest absolute Gasteiger partial charge is 0.308 e. The minimum absolute atomic E-state index is 0. The Labute approximate surface area is 180 Å². The average molecular weight is 423 g/mol. The van der Waals surface area contributed by atoms with Crippen molar-refractivity contribution in [3.05, 3.63) is 35.0 Å². The fourth-order valence-corrected chi connectivity index (χ4v) is 4.26. The highest BCUT2D eigenvalue weighted by Crippen LogP contribution is 2.41. The molecule has 1 aromatic carbocycles. The van der Waals surface area contributed by atoms with E-state index >= 15 is 0 Å². The number of H-pyrrole nitrogens is 1. The number of para-hydroxylation sites is 1. The van der Waals surface area contributed by atoms with Gasteiger partial charge in [-0.1, -0.05) is 45.9 Å². The van der Waals surface area contributed by atoms with Crippen LogP contribution < -0.4 is 0 Å². The molecule has 0 bridgehead atoms.